The zero-order valence-electron chi connectivity index (χ0n) is 14.2. The van der Waals surface area contributed by atoms with Crippen LogP contribution in [-0.2, 0) is 13.2 Å². The Morgan fingerprint density at radius 3 is 2.82 bits per heavy atom. The molecule has 2 aromatic carbocycles. The molecular weight excluding hydrogens is 421 g/mol. The van der Waals surface area contributed by atoms with Crippen molar-refractivity contribution in [3.05, 3.63) is 63.3 Å². The van der Waals surface area contributed by atoms with Crippen LogP contribution in [0.4, 0.5) is 0 Å². The van der Waals surface area contributed by atoms with E-state index in [2.05, 4.69) is 25.6 Å². The summed E-state index contributed by atoms with van der Waals surface area (Å²) in [6.07, 6.45) is 0. The zero-order valence-corrected chi connectivity index (χ0v) is 16.5. The highest BCUT2D eigenvalue weighted by Crippen LogP contribution is 2.28. The lowest BCUT2D eigenvalue weighted by molar-refractivity contribution is 0.304. The van der Waals surface area contributed by atoms with Gasteiger partial charge in [0.15, 0.2) is 10.8 Å². The lowest BCUT2D eigenvalue weighted by atomic mass is 10.3. The molecule has 11 heteroatoms. The number of hydrogen-bond acceptors (Lipinski definition) is 7. The maximum Gasteiger partial charge on any atom is 0.234 e. The Labute approximate surface area is 172 Å². The molecule has 0 amide bonds. The van der Waals surface area contributed by atoms with Gasteiger partial charge in [0.2, 0.25) is 4.96 Å². The summed E-state index contributed by atoms with van der Waals surface area (Å²) in [5.74, 6) is 1.21. The van der Waals surface area contributed by atoms with E-state index in [0.29, 0.717) is 33.1 Å². The van der Waals surface area contributed by atoms with Crippen molar-refractivity contribution >= 4 is 50.5 Å². The summed E-state index contributed by atoms with van der Waals surface area (Å²) in [6.45, 7) is 0.676. The van der Waals surface area contributed by atoms with Crippen LogP contribution in [0.15, 0.2) is 42.5 Å². The van der Waals surface area contributed by atoms with E-state index >= 15 is 0 Å². The summed E-state index contributed by atoms with van der Waals surface area (Å²) in [4.78, 5) is 0.681. The molecule has 0 saturated carbocycles. The second-order valence-electron chi connectivity index (χ2n) is 5.91. The molecule has 0 fully saturated rings. The number of hydrogen-bond donors (Lipinski definition) is 0. The van der Waals surface area contributed by atoms with Gasteiger partial charge in [0.25, 0.3) is 0 Å². The van der Waals surface area contributed by atoms with Crippen molar-refractivity contribution in [2.45, 2.75) is 13.2 Å². The SMILES string of the molecule is Clc1ccc(OCc2nn3c(Cn4nnc5ccccc54)nnc3s2)c(Cl)c1. The predicted molar refractivity (Wildman–Crippen MR) is 106 cm³/mol. The van der Waals surface area contributed by atoms with Crippen molar-refractivity contribution in [2.75, 3.05) is 0 Å². The Morgan fingerprint density at radius 2 is 1.93 bits per heavy atom. The van der Waals surface area contributed by atoms with Crippen LogP contribution < -0.4 is 4.74 Å². The summed E-state index contributed by atoms with van der Waals surface area (Å²) in [6, 6.07) is 12.8. The minimum absolute atomic E-state index is 0.265. The standard InChI is InChI=1S/C17H11Cl2N7OS/c18-10-5-6-14(11(19)7-10)27-9-16-23-26-15(21-22-17(26)28-16)8-25-13-4-2-1-3-12(13)20-24-25/h1-7H,8-9H2. The summed E-state index contributed by atoms with van der Waals surface area (Å²) in [5, 5.41) is 23.1. The van der Waals surface area contributed by atoms with Gasteiger partial charge in [0.05, 0.1) is 10.5 Å². The van der Waals surface area contributed by atoms with Gasteiger partial charge in [0.1, 0.15) is 24.4 Å². The fourth-order valence-electron chi connectivity index (χ4n) is 2.75. The van der Waals surface area contributed by atoms with E-state index in [1.165, 1.54) is 11.3 Å². The van der Waals surface area contributed by atoms with E-state index in [1.807, 2.05) is 24.3 Å². The Morgan fingerprint density at radius 1 is 1.04 bits per heavy atom. The number of rotatable bonds is 5. The number of halogens is 2. The number of para-hydroxylation sites is 1. The Bertz CT molecular complexity index is 1300. The van der Waals surface area contributed by atoms with Gasteiger partial charge in [-0.25, -0.2) is 4.68 Å². The molecule has 140 valence electrons. The predicted octanol–water partition coefficient (Wildman–Crippen LogP) is 3.86. The second kappa shape index (κ2) is 7.01. The molecule has 0 N–H and O–H groups in total. The van der Waals surface area contributed by atoms with Crippen molar-refractivity contribution in [1.82, 2.24) is 34.8 Å². The van der Waals surface area contributed by atoms with Crippen LogP contribution in [0, 0.1) is 0 Å². The number of aromatic nitrogens is 7. The minimum atomic E-state index is 0.265. The number of benzene rings is 2. The molecule has 8 nitrogen and oxygen atoms in total. The van der Waals surface area contributed by atoms with Gasteiger partial charge in [-0.15, -0.1) is 15.3 Å². The maximum atomic E-state index is 6.14. The topological polar surface area (TPSA) is 83.0 Å². The van der Waals surface area contributed by atoms with Gasteiger partial charge in [-0.2, -0.15) is 9.61 Å². The molecule has 3 aromatic heterocycles. The summed E-state index contributed by atoms with van der Waals surface area (Å²) >= 11 is 13.4. The fourth-order valence-corrected chi connectivity index (χ4v) is 3.98. The quantitative estimate of drug-likeness (QED) is 0.420. The third-order valence-corrected chi connectivity index (χ3v) is 5.46. The first-order chi connectivity index (χ1) is 13.7. The molecule has 5 aromatic rings. The monoisotopic (exact) mass is 431 g/mol. The molecule has 0 aliphatic rings. The van der Waals surface area contributed by atoms with Crippen molar-refractivity contribution < 1.29 is 4.74 Å². The molecule has 0 atom stereocenters. The molecule has 0 spiro atoms. The third-order valence-electron chi connectivity index (χ3n) is 4.05. The zero-order chi connectivity index (χ0) is 19.1. The number of ether oxygens (including phenoxy) is 1. The molecule has 0 aliphatic carbocycles. The molecule has 0 bridgehead atoms. The Hall–Kier alpha value is -2.75. The van der Waals surface area contributed by atoms with E-state index in [0.717, 1.165) is 16.0 Å². The van der Waals surface area contributed by atoms with Crippen molar-refractivity contribution in [1.29, 1.82) is 0 Å². The molecular formula is C17H11Cl2N7OS. The van der Waals surface area contributed by atoms with Crippen LogP contribution in [0.5, 0.6) is 5.75 Å². The van der Waals surface area contributed by atoms with Crippen molar-refractivity contribution in [3.63, 3.8) is 0 Å². The number of nitrogens with zero attached hydrogens (tertiary/aromatic N) is 7. The van der Waals surface area contributed by atoms with E-state index in [1.54, 1.807) is 27.4 Å². The summed E-state index contributed by atoms with van der Waals surface area (Å²) < 4.78 is 9.22. The molecule has 3 heterocycles. The summed E-state index contributed by atoms with van der Waals surface area (Å²) in [7, 11) is 0. The average Bonchev–Trinajstić information content (AvgIpc) is 3.37. The first-order valence-corrected chi connectivity index (χ1v) is 9.81. The van der Waals surface area contributed by atoms with E-state index in [4.69, 9.17) is 27.9 Å². The first-order valence-electron chi connectivity index (χ1n) is 8.23. The van der Waals surface area contributed by atoms with Gasteiger partial charge >= 0.3 is 0 Å². The van der Waals surface area contributed by atoms with Crippen molar-refractivity contribution in [3.8, 4) is 5.75 Å². The Kier molecular flexibility index (Phi) is 4.34. The highest BCUT2D eigenvalue weighted by molar-refractivity contribution is 7.16. The largest absolute Gasteiger partial charge is 0.485 e. The molecule has 5 rings (SSSR count). The smallest absolute Gasteiger partial charge is 0.234 e. The lowest BCUT2D eigenvalue weighted by Gasteiger charge is -2.05. The van der Waals surface area contributed by atoms with Crippen LogP contribution in [-0.4, -0.2) is 34.8 Å². The van der Waals surface area contributed by atoms with E-state index in [9.17, 15) is 0 Å². The Balaban J connectivity index is 1.38. The van der Waals surface area contributed by atoms with Gasteiger partial charge in [-0.3, -0.25) is 0 Å². The highest BCUT2D eigenvalue weighted by atomic mass is 35.5. The first kappa shape index (κ1) is 17.4. The van der Waals surface area contributed by atoms with Crippen molar-refractivity contribution in [2.24, 2.45) is 0 Å². The molecule has 0 aliphatic heterocycles. The van der Waals surface area contributed by atoms with Crippen LogP contribution >= 0.6 is 34.5 Å². The highest BCUT2D eigenvalue weighted by Gasteiger charge is 2.15. The molecule has 0 radical (unpaired) electrons. The number of fused-ring (bicyclic) bond motifs is 2. The van der Waals surface area contributed by atoms with E-state index < -0.39 is 0 Å². The molecule has 28 heavy (non-hydrogen) atoms. The van der Waals surface area contributed by atoms with Crippen LogP contribution in [0.25, 0.3) is 16.0 Å². The summed E-state index contributed by atoms with van der Waals surface area (Å²) in [5.41, 5.74) is 1.76. The third kappa shape index (κ3) is 3.17. The normalized spacial score (nSPS) is 11.5. The van der Waals surface area contributed by atoms with E-state index in [-0.39, 0.29) is 6.61 Å². The second-order valence-corrected chi connectivity index (χ2v) is 7.79. The lowest BCUT2D eigenvalue weighted by Crippen LogP contribution is -2.07. The molecule has 0 unspecified atom stereocenters. The van der Waals surface area contributed by atoms with Crippen LogP contribution in [0.2, 0.25) is 10.0 Å². The van der Waals surface area contributed by atoms with Gasteiger partial charge in [-0.1, -0.05) is 51.9 Å². The van der Waals surface area contributed by atoms with Gasteiger partial charge < -0.3 is 4.74 Å². The fraction of sp³-hybridized carbons (Fsp3) is 0.118. The van der Waals surface area contributed by atoms with Crippen LogP contribution in [0.1, 0.15) is 10.8 Å². The average molecular weight is 432 g/mol. The molecule has 0 saturated heterocycles. The van der Waals surface area contributed by atoms with Crippen LogP contribution in [0.3, 0.4) is 0 Å². The van der Waals surface area contributed by atoms with Gasteiger partial charge in [0, 0.05) is 5.02 Å². The van der Waals surface area contributed by atoms with Gasteiger partial charge in [-0.05, 0) is 30.3 Å². The maximum absolute atomic E-state index is 6.14. The minimum Gasteiger partial charge on any atom is -0.485 e.